The Balaban J connectivity index is 1.12. The van der Waals surface area contributed by atoms with Crippen LogP contribution < -0.4 is 19.9 Å². The number of fused-ring (bicyclic) bond motifs is 2. The van der Waals surface area contributed by atoms with Crippen molar-refractivity contribution in [1.82, 2.24) is 14.9 Å². The van der Waals surface area contributed by atoms with E-state index in [0.29, 0.717) is 18.8 Å². The maximum Gasteiger partial charge on any atom is 0.322 e. The largest absolute Gasteiger partial charge is 0.497 e. The molecule has 3 amide bonds. The molecule has 0 atom stereocenters. The molecule has 0 aliphatic carbocycles. The molecule has 0 saturated carbocycles. The van der Waals surface area contributed by atoms with Crippen LogP contribution in [-0.4, -0.2) is 66.1 Å². The maximum atomic E-state index is 13.6. The van der Waals surface area contributed by atoms with Crippen molar-refractivity contribution in [3.8, 4) is 5.75 Å². The Kier molecular flexibility index (Phi) is 6.82. The summed E-state index contributed by atoms with van der Waals surface area (Å²) >= 11 is 0. The molecule has 0 unspecified atom stereocenters. The van der Waals surface area contributed by atoms with Gasteiger partial charge in [0.15, 0.2) is 0 Å². The molecule has 9 heteroatoms. The van der Waals surface area contributed by atoms with Gasteiger partial charge in [-0.25, -0.2) is 14.8 Å². The van der Waals surface area contributed by atoms with E-state index >= 15 is 0 Å². The molecule has 4 heterocycles. The molecule has 3 aromatic rings. The summed E-state index contributed by atoms with van der Waals surface area (Å²) in [7, 11) is 1.65. The van der Waals surface area contributed by atoms with Crippen LogP contribution in [0.5, 0.6) is 5.75 Å². The number of amides is 3. The lowest BCUT2D eigenvalue weighted by atomic mass is 9.77. The molecule has 40 heavy (non-hydrogen) atoms. The first-order chi connectivity index (χ1) is 19.3. The number of aromatic nitrogens is 2. The summed E-state index contributed by atoms with van der Waals surface area (Å²) in [5.41, 5.74) is 4.51. The van der Waals surface area contributed by atoms with E-state index < -0.39 is 0 Å². The van der Waals surface area contributed by atoms with E-state index in [1.165, 1.54) is 11.9 Å². The number of hydrogen-bond acceptors (Lipinski definition) is 6. The van der Waals surface area contributed by atoms with Crippen LogP contribution in [0.1, 0.15) is 54.7 Å². The Morgan fingerprint density at radius 2 is 1.82 bits per heavy atom. The molecule has 6 rings (SSSR count). The highest BCUT2D eigenvalue weighted by molar-refractivity contribution is 6.06. The zero-order valence-electron chi connectivity index (χ0n) is 23.4. The predicted octanol–water partition coefficient (Wildman–Crippen LogP) is 4.87. The van der Waals surface area contributed by atoms with E-state index in [2.05, 4.69) is 40.1 Å². The first-order valence-corrected chi connectivity index (χ1v) is 14.1. The van der Waals surface area contributed by atoms with E-state index in [9.17, 15) is 9.59 Å². The van der Waals surface area contributed by atoms with Crippen molar-refractivity contribution in [1.29, 1.82) is 0 Å². The molecule has 1 aromatic heterocycles. The van der Waals surface area contributed by atoms with Gasteiger partial charge < -0.3 is 24.8 Å². The first kappa shape index (κ1) is 26.1. The second-order valence-corrected chi connectivity index (χ2v) is 11.5. The summed E-state index contributed by atoms with van der Waals surface area (Å²) in [4.78, 5) is 41.6. The van der Waals surface area contributed by atoms with Crippen LogP contribution in [0.4, 0.5) is 22.0 Å². The molecule has 3 aliphatic heterocycles. The van der Waals surface area contributed by atoms with Crippen LogP contribution in [-0.2, 0) is 11.8 Å². The second-order valence-electron chi connectivity index (χ2n) is 11.5. The minimum absolute atomic E-state index is 0.0223. The molecule has 0 bridgehead atoms. The van der Waals surface area contributed by atoms with E-state index in [-0.39, 0.29) is 23.4 Å². The molecule has 0 spiro atoms. The number of hydrogen-bond donors (Lipinski definition) is 1. The average molecular weight is 541 g/mol. The monoisotopic (exact) mass is 540 g/mol. The molecular weight excluding hydrogens is 504 g/mol. The third-order valence-corrected chi connectivity index (χ3v) is 8.67. The molecule has 1 N–H and O–H groups in total. The van der Waals surface area contributed by atoms with Crippen molar-refractivity contribution in [3.63, 3.8) is 0 Å². The van der Waals surface area contributed by atoms with Crippen LogP contribution in [0, 0.1) is 0 Å². The van der Waals surface area contributed by atoms with Gasteiger partial charge in [0.2, 0.25) is 0 Å². The summed E-state index contributed by atoms with van der Waals surface area (Å²) < 4.78 is 5.36. The highest BCUT2D eigenvalue weighted by Gasteiger charge is 2.35. The van der Waals surface area contributed by atoms with E-state index in [1.807, 2.05) is 52.3 Å². The number of benzene rings is 2. The third kappa shape index (κ3) is 4.85. The van der Waals surface area contributed by atoms with E-state index in [4.69, 9.17) is 4.74 Å². The fourth-order valence-corrected chi connectivity index (χ4v) is 6.22. The van der Waals surface area contributed by atoms with Crippen LogP contribution in [0.15, 0.2) is 54.9 Å². The summed E-state index contributed by atoms with van der Waals surface area (Å²) in [6.45, 7) is 7.27. The molecular formula is C31H36N6O3. The van der Waals surface area contributed by atoms with Gasteiger partial charge in [-0.15, -0.1) is 0 Å². The minimum atomic E-state index is -0.0982. The Hall–Kier alpha value is -4.14. The zero-order chi connectivity index (χ0) is 27.9. The highest BCUT2D eigenvalue weighted by Crippen LogP contribution is 2.40. The van der Waals surface area contributed by atoms with Gasteiger partial charge in [0.25, 0.3) is 5.91 Å². The SMILES string of the molecule is COc1ccc2c(c1)CCN(C1CCN(c3cc(C(=O)N4CCC(C)(C)c5ccccc54)ncn3)CC1)C(=O)N2. The number of methoxy groups -OCH3 is 1. The summed E-state index contributed by atoms with van der Waals surface area (Å²) in [6.07, 6.45) is 4.82. The molecule has 0 radical (unpaired) electrons. The minimum Gasteiger partial charge on any atom is -0.497 e. The number of piperidine rings is 1. The van der Waals surface area contributed by atoms with Gasteiger partial charge >= 0.3 is 6.03 Å². The van der Waals surface area contributed by atoms with Crippen LogP contribution in [0.3, 0.4) is 0 Å². The number of anilines is 3. The van der Waals surface area contributed by atoms with Crippen molar-refractivity contribution < 1.29 is 14.3 Å². The lowest BCUT2D eigenvalue weighted by molar-refractivity contribution is 0.0977. The van der Waals surface area contributed by atoms with Gasteiger partial charge in [-0.3, -0.25) is 4.79 Å². The van der Waals surface area contributed by atoms with Crippen molar-refractivity contribution in [2.24, 2.45) is 0 Å². The fraction of sp³-hybridized carbons (Fsp3) is 0.419. The lowest BCUT2D eigenvalue weighted by Gasteiger charge is -2.39. The quantitative estimate of drug-likeness (QED) is 0.508. The van der Waals surface area contributed by atoms with Crippen molar-refractivity contribution in [3.05, 3.63) is 71.7 Å². The molecule has 9 nitrogen and oxygen atoms in total. The number of nitrogens with zero attached hydrogens (tertiary/aromatic N) is 5. The predicted molar refractivity (Wildman–Crippen MR) is 155 cm³/mol. The Bertz CT molecular complexity index is 1430. The topological polar surface area (TPSA) is 90.9 Å². The van der Waals surface area contributed by atoms with Crippen LogP contribution in [0.2, 0.25) is 0 Å². The lowest BCUT2D eigenvalue weighted by Crippen LogP contribution is -2.49. The molecule has 1 saturated heterocycles. The van der Waals surface area contributed by atoms with E-state index in [0.717, 1.165) is 67.3 Å². The number of carbonyl (C=O) groups excluding carboxylic acids is 2. The van der Waals surface area contributed by atoms with Crippen LogP contribution >= 0.6 is 0 Å². The number of nitrogens with one attached hydrogen (secondary N) is 1. The fourth-order valence-electron chi connectivity index (χ4n) is 6.22. The van der Waals surface area contributed by atoms with Gasteiger partial charge in [-0.05, 0) is 66.5 Å². The second kappa shape index (κ2) is 10.4. The summed E-state index contributed by atoms with van der Waals surface area (Å²) in [5.74, 6) is 1.45. The zero-order valence-corrected chi connectivity index (χ0v) is 23.4. The normalized spacial score (nSPS) is 18.9. The van der Waals surface area contributed by atoms with Gasteiger partial charge in [0.1, 0.15) is 23.6 Å². The average Bonchev–Trinajstić information content (AvgIpc) is 3.14. The third-order valence-electron chi connectivity index (χ3n) is 8.67. The molecule has 1 fully saturated rings. The van der Waals surface area contributed by atoms with Crippen molar-refractivity contribution in [2.75, 3.05) is 48.4 Å². The molecule has 2 aromatic carbocycles. The van der Waals surface area contributed by atoms with E-state index in [1.54, 1.807) is 7.11 Å². The Labute approximate surface area is 235 Å². The molecule has 208 valence electrons. The summed E-state index contributed by atoms with van der Waals surface area (Å²) in [5, 5.41) is 3.08. The van der Waals surface area contributed by atoms with Gasteiger partial charge in [-0.1, -0.05) is 32.0 Å². The number of ether oxygens (including phenoxy) is 1. The smallest absolute Gasteiger partial charge is 0.322 e. The summed E-state index contributed by atoms with van der Waals surface area (Å²) in [6, 6.07) is 15.8. The maximum absolute atomic E-state index is 13.6. The van der Waals surface area contributed by atoms with Crippen molar-refractivity contribution in [2.45, 2.75) is 51.0 Å². The highest BCUT2D eigenvalue weighted by atomic mass is 16.5. The number of rotatable bonds is 4. The van der Waals surface area contributed by atoms with Crippen LogP contribution in [0.25, 0.3) is 0 Å². The van der Waals surface area contributed by atoms with Gasteiger partial charge in [0, 0.05) is 49.7 Å². The first-order valence-electron chi connectivity index (χ1n) is 14.1. The van der Waals surface area contributed by atoms with Gasteiger partial charge in [0.05, 0.1) is 7.11 Å². The number of carbonyl (C=O) groups is 2. The number of urea groups is 1. The molecule has 3 aliphatic rings. The van der Waals surface area contributed by atoms with Crippen molar-refractivity contribution >= 4 is 29.1 Å². The Morgan fingerprint density at radius 1 is 1.02 bits per heavy atom. The Morgan fingerprint density at radius 3 is 2.62 bits per heavy atom. The standard InChI is InChI=1S/C31H36N6O3/c1-31(2)13-17-37(27-7-5-4-6-24(27)31)29(38)26-19-28(33-20-32-26)35-14-11-22(12-15-35)36-16-10-21-18-23(40-3)8-9-25(21)34-30(36)39/h4-9,18-20,22H,10-17H2,1-3H3,(H,34,39). The van der Waals surface area contributed by atoms with Gasteiger partial charge in [-0.2, -0.15) is 0 Å². The number of para-hydroxylation sites is 1.